The number of hydrogen-bond acceptors (Lipinski definition) is 7. The van der Waals surface area contributed by atoms with Crippen LogP contribution in [0.15, 0.2) is 53.4 Å². The molecule has 0 fully saturated rings. The van der Waals surface area contributed by atoms with Gasteiger partial charge in [0.05, 0.1) is 7.11 Å². The second-order valence-electron chi connectivity index (χ2n) is 8.24. The van der Waals surface area contributed by atoms with Gasteiger partial charge in [-0.05, 0) is 54.4 Å². The lowest BCUT2D eigenvalue weighted by atomic mass is 10.1. The zero-order valence-corrected chi connectivity index (χ0v) is 20.6. The number of hydrogen-bond donors (Lipinski definition) is 2. The van der Waals surface area contributed by atoms with Gasteiger partial charge in [-0.2, -0.15) is 0 Å². The summed E-state index contributed by atoms with van der Waals surface area (Å²) in [5.41, 5.74) is 9.53. The molecule has 0 radical (unpaired) electrons. The number of carbonyl (C=O) groups is 2. The normalized spacial score (nSPS) is 10.8. The Kier molecular flexibility index (Phi) is 9.00. The van der Waals surface area contributed by atoms with E-state index >= 15 is 0 Å². The van der Waals surface area contributed by atoms with Crippen LogP contribution in [0, 0.1) is 0 Å². The summed E-state index contributed by atoms with van der Waals surface area (Å²) in [6.07, 6.45) is 1.88. The van der Waals surface area contributed by atoms with Crippen LogP contribution in [-0.4, -0.2) is 60.9 Å². The quantitative estimate of drug-likeness (QED) is 0.407. The largest absolute Gasteiger partial charge is 0.497 e. The van der Waals surface area contributed by atoms with Crippen molar-refractivity contribution >= 4 is 28.8 Å². The SMILES string of the molecule is COc1cccc(CNC(=O)N(CCN(C)C)Cc2ccc(C(=O)Cc3cscc3N)nc2)c1. The van der Waals surface area contributed by atoms with Gasteiger partial charge < -0.3 is 25.6 Å². The number of anilines is 1. The highest BCUT2D eigenvalue weighted by molar-refractivity contribution is 7.08. The number of pyridine rings is 1. The monoisotopic (exact) mass is 481 g/mol. The van der Waals surface area contributed by atoms with E-state index in [-0.39, 0.29) is 18.2 Å². The topological polar surface area (TPSA) is 101 Å². The number of methoxy groups -OCH3 is 1. The number of nitrogens with two attached hydrogens (primary N) is 1. The third-order valence-electron chi connectivity index (χ3n) is 5.29. The Balaban J connectivity index is 1.63. The molecule has 2 amide bonds. The summed E-state index contributed by atoms with van der Waals surface area (Å²) in [7, 11) is 5.55. The molecule has 0 aliphatic rings. The maximum absolute atomic E-state index is 13.0. The number of thiophene rings is 1. The molecular weight excluding hydrogens is 450 g/mol. The van der Waals surface area contributed by atoms with E-state index < -0.39 is 0 Å². The molecule has 1 aromatic carbocycles. The Morgan fingerprint density at radius 1 is 1.12 bits per heavy atom. The van der Waals surface area contributed by atoms with Gasteiger partial charge >= 0.3 is 6.03 Å². The number of urea groups is 1. The molecule has 0 aliphatic carbocycles. The van der Waals surface area contributed by atoms with E-state index in [9.17, 15) is 9.59 Å². The van der Waals surface area contributed by atoms with Crippen molar-refractivity contribution in [1.82, 2.24) is 20.1 Å². The van der Waals surface area contributed by atoms with Gasteiger partial charge in [0.1, 0.15) is 11.4 Å². The summed E-state index contributed by atoms with van der Waals surface area (Å²) >= 11 is 1.48. The molecule has 9 heteroatoms. The number of carbonyl (C=O) groups excluding carboxylic acids is 2. The summed E-state index contributed by atoms with van der Waals surface area (Å²) in [5.74, 6) is 0.663. The van der Waals surface area contributed by atoms with E-state index in [0.717, 1.165) is 29.0 Å². The van der Waals surface area contributed by atoms with Gasteiger partial charge in [0.2, 0.25) is 0 Å². The highest BCUT2D eigenvalue weighted by Gasteiger charge is 2.16. The third-order valence-corrected chi connectivity index (χ3v) is 6.10. The van der Waals surface area contributed by atoms with Crippen molar-refractivity contribution in [3.63, 3.8) is 0 Å². The fraction of sp³-hybridized carbons (Fsp3) is 0.320. The fourth-order valence-electron chi connectivity index (χ4n) is 3.29. The van der Waals surface area contributed by atoms with Gasteiger partial charge in [0, 0.05) is 49.9 Å². The van der Waals surface area contributed by atoms with Crippen LogP contribution in [0.1, 0.15) is 27.2 Å². The number of Topliss-reactive ketones (excluding diaryl/α,β-unsaturated/α-hetero) is 1. The Morgan fingerprint density at radius 3 is 2.59 bits per heavy atom. The Hall–Kier alpha value is -3.43. The van der Waals surface area contributed by atoms with Crippen LogP contribution >= 0.6 is 11.3 Å². The smallest absolute Gasteiger partial charge is 0.318 e. The molecule has 0 unspecified atom stereocenters. The third kappa shape index (κ3) is 7.29. The van der Waals surface area contributed by atoms with Crippen molar-refractivity contribution in [3.8, 4) is 5.75 Å². The predicted molar refractivity (Wildman–Crippen MR) is 135 cm³/mol. The number of rotatable bonds is 11. The molecule has 2 aromatic heterocycles. The number of benzene rings is 1. The van der Waals surface area contributed by atoms with Gasteiger partial charge in [0.25, 0.3) is 0 Å². The molecule has 180 valence electrons. The summed E-state index contributed by atoms with van der Waals surface area (Å²) < 4.78 is 5.25. The van der Waals surface area contributed by atoms with Crippen LogP contribution in [-0.2, 0) is 19.5 Å². The second-order valence-corrected chi connectivity index (χ2v) is 8.98. The number of aromatic nitrogens is 1. The standard InChI is InChI=1S/C25H31N5O3S/c1-29(2)9-10-30(25(32)28-13-18-5-4-6-21(11-18)33-3)15-19-7-8-23(27-14-19)24(31)12-20-16-34-17-22(20)26/h4-8,11,14,16-17H,9-10,12-13,15,26H2,1-3H3,(H,28,32). The van der Waals surface area contributed by atoms with Crippen molar-refractivity contribution in [3.05, 3.63) is 75.7 Å². The molecule has 0 aliphatic heterocycles. The van der Waals surface area contributed by atoms with E-state index in [1.807, 2.05) is 60.1 Å². The number of ketones is 1. The van der Waals surface area contributed by atoms with Crippen LogP contribution in [0.2, 0.25) is 0 Å². The molecule has 3 aromatic rings. The number of nitrogens with one attached hydrogen (secondary N) is 1. The first-order chi connectivity index (χ1) is 16.4. The van der Waals surface area contributed by atoms with Gasteiger partial charge in [-0.25, -0.2) is 4.79 Å². The first-order valence-electron chi connectivity index (χ1n) is 10.9. The first-order valence-corrected chi connectivity index (χ1v) is 11.9. The molecule has 0 bridgehead atoms. The maximum atomic E-state index is 13.0. The average molecular weight is 482 g/mol. The van der Waals surface area contributed by atoms with Crippen molar-refractivity contribution in [1.29, 1.82) is 0 Å². The van der Waals surface area contributed by atoms with E-state index in [1.54, 1.807) is 24.3 Å². The molecule has 8 nitrogen and oxygen atoms in total. The zero-order chi connectivity index (χ0) is 24.5. The minimum Gasteiger partial charge on any atom is -0.497 e. The van der Waals surface area contributed by atoms with Crippen LogP contribution < -0.4 is 15.8 Å². The number of amides is 2. The molecule has 0 saturated carbocycles. The van der Waals surface area contributed by atoms with Gasteiger partial charge in [0.15, 0.2) is 5.78 Å². The van der Waals surface area contributed by atoms with E-state index in [1.165, 1.54) is 11.3 Å². The lowest BCUT2D eigenvalue weighted by Gasteiger charge is -2.25. The maximum Gasteiger partial charge on any atom is 0.318 e. The second kappa shape index (κ2) is 12.2. The van der Waals surface area contributed by atoms with Crippen LogP contribution in [0.4, 0.5) is 10.5 Å². The molecule has 2 heterocycles. The number of nitrogen functional groups attached to an aromatic ring is 1. The van der Waals surface area contributed by atoms with Crippen molar-refractivity contribution < 1.29 is 14.3 Å². The molecular formula is C25H31N5O3S. The van der Waals surface area contributed by atoms with Gasteiger partial charge in [-0.1, -0.05) is 18.2 Å². The zero-order valence-electron chi connectivity index (χ0n) is 19.8. The Labute approximate surface area is 204 Å². The van der Waals surface area contributed by atoms with Gasteiger partial charge in [-0.3, -0.25) is 9.78 Å². The predicted octanol–water partition coefficient (Wildman–Crippen LogP) is 3.43. The van der Waals surface area contributed by atoms with E-state index in [4.69, 9.17) is 10.5 Å². The van der Waals surface area contributed by atoms with Crippen molar-refractivity contribution in [2.45, 2.75) is 19.5 Å². The number of likely N-dealkylation sites (N-methyl/N-ethyl adjacent to an activating group) is 1. The molecule has 0 spiro atoms. The van der Waals surface area contributed by atoms with E-state index in [2.05, 4.69) is 10.3 Å². The summed E-state index contributed by atoms with van der Waals surface area (Å²) in [6, 6.07) is 11.0. The summed E-state index contributed by atoms with van der Waals surface area (Å²) in [4.78, 5) is 33.6. The highest BCUT2D eigenvalue weighted by Crippen LogP contribution is 2.19. The molecule has 0 atom stereocenters. The van der Waals surface area contributed by atoms with Crippen molar-refractivity contribution in [2.24, 2.45) is 0 Å². The number of nitrogens with zero attached hydrogens (tertiary/aromatic N) is 3. The summed E-state index contributed by atoms with van der Waals surface area (Å²) in [6.45, 7) is 2.05. The fourth-order valence-corrected chi connectivity index (χ4v) is 4.04. The minimum atomic E-state index is -0.169. The van der Waals surface area contributed by atoms with Crippen LogP contribution in [0.3, 0.4) is 0 Å². The number of ether oxygens (including phenoxy) is 1. The Morgan fingerprint density at radius 2 is 1.94 bits per heavy atom. The molecule has 0 saturated heterocycles. The minimum absolute atomic E-state index is 0.0860. The molecule has 34 heavy (non-hydrogen) atoms. The average Bonchev–Trinajstić information content (AvgIpc) is 3.24. The first kappa shape index (κ1) is 25.2. The van der Waals surface area contributed by atoms with Crippen LogP contribution in [0.25, 0.3) is 0 Å². The van der Waals surface area contributed by atoms with Gasteiger partial charge in [-0.15, -0.1) is 11.3 Å². The molecule has 3 N–H and O–H groups in total. The van der Waals surface area contributed by atoms with Crippen molar-refractivity contribution in [2.75, 3.05) is 40.0 Å². The lowest BCUT2D eigenvalue weighted by molar-refractivity contribution is 0.0988. The Bertz CT molecular complexity index is 1100. The molecule has 3 rings (SSSR count). The summed E-state index contributed by atoms with van der Waals surface area (Å²) in [5, 5.41) is 6.69. The van der Waals surface area contributed by atoms with Crippen LogP contribution in [0.5, 0.6) is 5.75 Å². The highest BCUT2D eigenvalue weighted by atomic mass is 32.1. The lowest BCUT2D eigenvalue weighted by Crippen LogP contribution is -2.42. The van der Waals surface area contributed by atoms with E-state index in [0.29, 0.717) is 31.0 Å².